The van der Waals surface area contributed by atoms with Crippen LogP contribution in [0.3, 0.4) is 0 Å². The number of morpholine rings is 2. The molecule has 8 nitrogen and oxygen atoms in total. The molecule has 0 aromatic rings. The zero-order chi connectivity index (χ0) is 19.8. The van der Waals surface area contributed by atoms with E-state index in [1.54, 1.807) is 0 Å². The van der Waals surface area contributed by atoms with Crippen LogP contribution in [-0.2, 0) is 14.3 Å². The third kappa shape index (κ3) is 6.06. The molecule has 0 aliphatic carbocycles. The summed E-state index contributed by atoms with van der Waals surface area (Å²) in [5.41, 5.74) is 0. The fourth-order valence-corrected chi connectivity index (χ4v) is 4.27. The number of carbonyl (C=O) groups excluding carboxylic acids is 1. The Bertz CT molecular complexity index is 510. The number of carbonyl (C=O) groups is 1. The van der Waals surface area contributed by atoms with E-state index >= 15 is 0 Å². The number of piperidine rings is 1. The van der Waals surface area contributed by atoms with Gasteiger partial charge in [-0.2, -0.15) is 0 Å². The summed E-state index contributed by atoms with van der Waals surface area (Å²) in [5, 5.41) is 3.54. The molecule has 0 saturated carbocycles. The molecule has 0 radical (unpaired) electrons. The molecule has 3 aliphatic rings. The van der Waals surface area contributed by atoms with Crippen molar-refractivity contribution in [1.82, 2.24) is 20.0 Å². The van der Waals surface area contributed by atoms with E-state index in [0.29, 0.717) is 25.0 Å². The van der Waals surface area contributed by atoms with Gasteiger partial charge in [0.15, 0.2) is 5.96 Å². The molecule has 0 aromatic carbocycles. The number of hydrogen-bond acceptors (Lipinski definition) is 5. The SMILES string of the molecule is CN=C(NCC(C)CN1CCOCC1)N1CCC(C(=O)N2CCOCC2)CC1. The molecule has 0 bridgehead atoms. The topological polar surface area (TPSA) is 69.6 Å². The van der Waals surface area contributed by atoms with Crippen molar-refractivity contribution in [2.24, 2.45) is 16.8 Å². The van der Waals surface area contributed by atoms with E-state index < -0.39 is 0 Å². The quantitative estimate of drug-likeness (QED) is 0.526. The number of ether oxygens (including phenoxy) is 2. The Morgan fingerprint density at radius 2 is 1.61 bits per heavy atom. The molecule has 8 heteroatoms. The lowest BCUT2D eigenvalue weighted by molar-refractivity contribution is -0.140. The lowest BCUT2D eigenvalue weighted by Crippen LogP contribution is -2.50. The van der Waals surface area contributed by atoms with Crippen molar-refractivity contribution in [2.45, 2.75) is 19.8 Å². The van der Waals surface area contributed by atoms with E-state index in [0.717, 1.165) is 84.4 Å². The number of rotatable bonds is 5. The lowest BCUT2D eigenvalue weighted by atomic mass is 9.95. The molecule has 3 aliphatic heterocycles. The molecule has 3 heterocycles. The molecule has 160 valence electrons. The third-order valence-electron chi connectivity index (χ3n) is 5.96. The van der Waals surface area contributed by atoms with Crippen LogP contribution in [0.5, 0.6) is 0 Å². The van der Waals surface area contributed by atoms with Crippen LogP contribution < -0.4 is 5.32 Å². The van der Waals surface area contributed by atoms with Gasteiger partial charge in [-0.25, -0.2) is 0 Å². The van der Waals surface area contributed by atoms with Crippen molar-refractivity contribution in [2.75, 3.05) is 85.8 Å². The molecule has 1 amide bonds. The van der Waals surface area contributed by atoms with Crippen LogP contribution in [0, 0.1) is 11.8 Å². The highest BCUT2D eigenvalue weighted by Crippen LogP contribution is 2.20. The van der Waals surface area contributed by atoms with Crippen LogP contribution >= 0.6 is 0 Å². The Morgan fingerprint density at radius 3 is 2.21 bits per heavy atom. The molecule has 1 atom stereocenters. The normalized spacial score (nSPS) is 24.3. The van der Waals surface area contributed by atoms with Crippen molar-refractivity contribution in [1.29, 1.82) is 0 Å². The summed E-state index contributed by atoms with van der Waals surface area (Å²) in [6.07, 6.45) is 1.81. The van der Waals surface area contributed by atoms with E-state index in [9.17, 15) is 4.79 Å². The summed E-state index contributed by atoms with van der Waals surface area (Å²) >= 11 is 0. The van der Waals surface area contributed by atoms with Gasteiger partial charge in [-0.05, 0) is 18.8 Å². The van der Waals surface area contributed by atoms with Gasteiger partial charge < -0.3 is 24.6 Å². The predicted molar refractivity (Wildman–Crippen MR) is 109 cm³/mol. The maximum atomic E-state index is 12.7. The fourth-order valence-electron chi connectivity index (χ4n) is 4.27. The molecule has 0 spiro atoms. The number of likely N-dealkylation sites (tertiary alicyclic amines) is 1. The van der Waals surface area contributed by atoms with E-state index in [1.807, 2.05) is 11.9 Å². The minimum absolute atomic E-state index is 0.146. The second-order valence-corrected chi connectivity index (χ2v) is 8.15. The van der Waals surface area contributed by atoms with E-state index in [-0.39, 0.29) is 5.92 Å². The highest BCUT2D eigenvalue weighted by Gasteiger charge is 2.30. The van der Waals surface area contributed by atoms with Crippen LogP contribution in [0.15, 0.2) is 4.99 Å². The Kier molecular flexibility index (Phi) is 8.36. The van der Waals surface area contributed by atoms with Gasteiger partial charge in [0.2, 0.25) is 5.91 Å². The van der Waals surface area contributed by atoms with Crippen LogP contribution in [0.25, 0.3) is 0 Å². The predicted octanol–water partition coefficient (Wildman–Crippen LogP) is 0.101. The largest absolute Gasteiger partial charge is 0.379 e. The van der Waals surface area contributed by atoms with E-state index in [4.69, 9.17) is 9.47 Å². The first kappa shape index (κ1) is 21.3. The van der Waals surface area contributed by atoms with Gasteiger partial charge in [0, 0.05) is 65.3 Å². The molecule has 3 saturated heterocycles. The average Bonchev–Trinajstić information content (AvgIpc) is 2.75. The van der Waals surface area contributed by atoms with Gasteiger partial charge in [-0.1, -0.05) is 6.92 Å². The summed E-state index contributed by atoms with van der Waals surface area (Å²) in [5.74, 6) is 1.97. The number of nitrogens with one attached hydrogen (secondary N) is 1. The summed E-state index contributed by atoms with van der Waals surface area (Å²) in [6.45, 7) is 12.6. The molecule has 0 aromatic heterocycles. The monoisotopic (exact) mass is 395 g/mol. The first-order valence-electron chi connectivity index (χ1n) is 10.8. The second kappa shape index (κ2) is 11.0. The molecule has 3 fully saturated rings. The molecule has 3 rings (SSSR count). The van der Waals surface area contributed by atoms with Crippen molar-refractivity contribution in [3.63, 3.8) is 0 Å². The zero-order valence-electron chi connectivity index (χ0n) is 17.6. The molecule has 28 heavy (non-hydrogen) atoms. The molecule has 1 N–H and O–H groups in total. The number of amides is 1. The Morgan fingerprint density at radius 1 is 1.00 bits per heavy atom. The maximum Gasteiger partial charge on any atom is 0.225 e. The van der Waals surface area contributed by atoms with Gasteiger partial charge >= 0.3 is 0 Å². The fraction of sp³-hybridized carbons (Fsp3) is 0.900. The van der Waals surface area contributed by atoms with Gasteiger partial charge in [-0.3, -0.25) is 14.7 Å². The number of nitrogens with zero attached hydrogens (tertiary/aromatic N) is 4. The first-order chi connectivity index (χ1) is 13.7. The summed E-state index contributed by atoms with van der Waals surface area (Å²) < 4.78 is 10.8. The second-order valence-electron chi connectivity index (χ2n) is 8.15. The van der Waals surface area contributed by atoms with Crippen LogP contribution in [0.4, 0.5) is 0 Å². The minimum Gasteiger partial charge on any atom is -0.379 e. The standard InChI is InChI=1S/C20H37N5O3/c1-17(16-23-7-11-27-12-8-23)15-22-20(21-2)25-5-3-18(4-6-25)19(26)24-9-13-28-14-10-24/h17-18H,3-16H2,1-2H3,(H,21,22). The van der Waals surface area contributed by atoms with Crippen LogP contribution in [0.1, 0.15) is 19.8 Å². The van der Waals surface area contributed by atoms with E-state index in [1.165, 1.54) is 0 Å². The highest BCUT2D eigenvalue weighted by atomic mass is 16.5. The van der Waals surface area contributed by atoms with Gasteiger partial charge in [0.05, 0.1) is 26.4 Å². The smallest absolute Gasteiger partial charge is 0.225 e. The molecule has 1 unspecified atom stereocenters. The van der Waals surface area contributed by atoms with Crippen molar-refractivity contribution in [3.8, 4) is 0 Å². The average molecular weight is 396 g/mol. The number of guanidine groups is 1. The summed E-state index contributed by atoms with van der Waals surface area (Å²) in [4.78, 5) is 23.9. The Labute approximate surface area is 169 Å². The van der Waals surface area contributed by atoms with Crippen LogP contribution in [0.2, 0.25) is 0 Å². The number of aliphatic imine (C=N–C) groups is 1. The van der Waals surface area contributed by atoms with Gasteiger partial charge in [0.1, 0.15) is 0 Å². The third-order valence-corrected chi connectivity index (χ3v) is 5.96. The summed E-state index contributed by atoms with van der Waals surface area (Å²) in [6, 6.07) is 0. The molecular weight excluding hydrogens is 358 g/mol. The minimum atomic E-state index is 0.146. The Balaban J connectivity index is 1.38. The Hall–Kier alpha value is -1.38. The highest BCUT2D eigenvalue weighted by molar-refractivity contribution is 5.81. The lowest BCUT2D eigenvalue weighted by Gasteiger charge is -2.37. The first-order valence-corrected chi connectivity index (χ1v) is 10.8. The maximum absolute atomic E-state index is 12.7. The van der Waals surface area contributed by atoms with Crippen LogP contribution in [-0.4, -0.2) is 112 Å². The zero-order valence-corrected chi connectivity index (χ0v) is 17.6. The molecular formula is C20H37N5O3. The van der Waals surface area contributed by atoms with E-state index in [2.05, 4.69) is 27.0 Å². The number of hydrogen-bond donors (Lipinski definition) is 1. The van der Waals surface area contributed by atoms with Gasteiger partial charge in [0.25, 0.3) is 0 Å². The van der Waals surface area contributed by atoms with Crippen molar-refractivity contribution in [3.05, 3.63) is 0 Å². The summed E-state index contributed by atoms with van der Waals surface area (Å²) in [7, 11) is 1.85. The van der Waals surface area contributed by atoms with Crippen molar-refractivity contribution >= 4 is 11.9 Å². The van der Waals surface area contributed by atoms with Crippen molar-refractivity contribution < 1.29 is 14.3 Å². The van der Waals surface area contributed by atoms with Gasteiger partial charge in [-0.15, -0.1) is 0 Å².